The smallest absolute Gasteiger partial charge is 0.306 e. The first-order chi connectivity index (χ1) is 9.80. The molecule has 0 unspecified atom stereocenters. The van der Waals surface area contributed by atoms with Crippen LogP contribution in [-0.4, -0.2) is 39.4 Å². The zero-order valence-electron chi connectivity index (χ0n) is 11.5. The SMILES string of the molecule is COC(=O)CCN(C)S(=O)(=O)Nc1cc(C#N)ccc1Cl. The molecule has 1 N–H and O–H groups in total. The van der Waals surface area contributed by atoms with Crippen molar-refractivity contribution in [2.75, 3.05) is 25.4 Å². The second-order valence-electron chi connectivity index (χ2n) is 4.06. The van der Waals surface area contributed by atoms with Gasteiger partial charge in [0.1, 0.15) is 0 Å². The van der Waals surface area contributed by atoms with E-state index in [0.717, 1.165) is 4.31 Å². The highest BCUT2D eigenvalue weighted by molar-refractivity contribution is 7.90. The van der Waals surface area contributed by atoms with Crippen molar-refractivity contribution in [3.63, 3.8) is 0 Å². The van der Waals surface area contributed by atoms with Gasteiger partial charge in [-0.05, 0) is 18.2 Å². The monoisotopic (exact) mass is 331 g/mol. The number of methoxy groups -OCH3 is 1. The Bertz CT molecular complexity index is 670. The number of hydrogen-bond donors (Lipinski definition) is 1. The summed E-state index contributed by atoms with van der Waals surface area (Å²) < 4.78 is 31.8. The van der Waals surface area contributed by atoms with Crippen LogP contribution in [0.2, 0.25) is 5.02 Å². The molecule has 0 aromatic heterocycles. The Labute approximate surface area is 128 Å². The van der Waals surface area contributed by atoms with E-state index in [2.05, 4.69) is 9.46 Å². The molecular formula is C12H14ClN3O4S. The lowest BCUT2D eigenvalue weighted by Gasteiger charge is -2.18. The fourth-order valence-corrected chi connectivity index (χ4v) is 2.52. The van der Waals surface area contributed by atoms with Crippen molar-refractivity contribution in [1.82, 2.24) is 4.31 Å². The minimum Gasteiger partial charge on any atom is -0.469 e. The molecule has 0 spiro atoms. The number of benzene rings is 1. The molecular weight excluding hydrogens is 318 g/mol. The Balaban J connectivity index is 2.85. The molecule has 0 heterocycles. The van der Waals surface area contributed by atoms with Crippen LogP contribution in [0, 0.1) is 11.3 Å². The molecule has 114 valence electrons. The molecule has 0 bridgehead atoms. The molecule has 0 aliphatic carbocycles. The Morgan fingerprint density at radius 1 is 1.52 bits per heavy atom. The largest absolute Gasteiger partial charge is 0.469 e. The topological polar surface area (TPSA) is 99.5 Å². The summed E-state index contributed by atoms with van der Waals surface area (Å²) in [6.07, 6.45) is -0.0696. The number of carbonyl (C=O) groups is 1. The maximum Gasteiger partial charge on any atom is 0.306 e. The molecule has 1 aromatic carbocycles. The first-order valence-electron chi connectivity index (χ1n) is 5.80. The Hall–Kier alpha value is -1.82. The molecule has 1 aromatic rings. The van der Waals surface area contributed by atoms with E-state index in [4.69, 9.17) is 16.9 Å². The minimum absolute atomic E-state index is 0.0441. The number of anilines is 1. The number of nitrogens with one attached hydrogen (secondary N) is 1. The molecule has 0 saturated carbocycles. The summed E-state index contributed by atoms with van der Waals surface area (Å²) in [6, 6.07) is 6.11. The molecule has 1 rings (SSSR count). The number of carbonyl (C=O) groups excluding carboxylic acids is 1. The summed E-state index contributed by atoms with van der Waals surface area (Å²) in [5, 5.41) is 8.97. The van der Waals surface area contributed by atoms with Gasteiger partial charge in [0.05, 0.1) is 35.9 Å². The van der Waals surface area contributed by atoms with Crippen molar-refractivity contribution in [2.45, 2.75) is 6.42 Å². The molecule has 21 heavy (non-hydrogen) atoms. The Kier molecular flexibility index (Phi) is 5.96. The highest BCUT2D eigenvalue weighted by Gasteiger charge is 2.20. The van der Waals surface area contributed by atoms with E-state index in [1.807, 2.05) is 6.07 Å². The fraction of sp³-hybridized carbons (Fsp3) is 0.333. The Morgan fingerprint density at radius 3 is 2.76 bits per heavy atom. The van der Waals surface area contributed by atoms with Crippen LogP contribution in [-0.2, 0) is 19.7 Å². The Morgan fingerprint density at radius 2 is 2.19 bits per heavy atom. The normalized spacial score (nSPS) is 11.0. The summed E-state index contributed by atoms with van der Waals surface area (Å²) in [7, 11) is -1.35. The van der Waals surface area contributed by atoms with E-state index in [-0.39, 0.29) is 29.2 Å². The van der Waals surface area contributed by atoms with Gasteiger partial charge in [-0.3, -0.25) is 9.52 Å². The van der Waals surface area contributed by atoms with Gasteiger partial charge in [-0.25, -0.2) is 0 Å². The van der Waals surface area contributed by atoms with Gasteiger partial charge in [0.15, 0.2) is 0 Å². The molecule has 0 fully saturated rings. The predicted molar refractivity (Wildman–Crippen MR) is 78.0 cm³/mol. The van der Waals surface area contributed by atoms with E-state index < -0.39 is 16.2 Å². The van der Waals surface area contributed by atoms with E-state index >= 15 is 0 Å². The van der Waals surface area contributed by atoms with Crippen molar-refractivity contribution >= 4 is 33.5 Å². The van der Waals surface area contributed by atoms with Gasteiger partial charge in [0.25, 0.3) is 0 Å². The van der Waals surface area contributed by atoms with Crippen LogP contribution in [0.15, 0.2) is 18.2 Å². The first-order valence-corrected chi connectivity index (χ1v) is 7.62. The van der Waals surface area contributed by atoms with Crippen LogP contribution in [0.1, 0.15) is 12.0 Å². The van der Waals surface area contributed by atoms with E-state index in [0.29, 0.717) is 0 Å². The van der Waals surface area contributed by atoms with Gasteiger partial charge in [-0.15, -0.1) is 0 Å². The van der Waals surface area contributed by atoms with E-state index in [9.17, 15) is 13.2 Å². The molecule has 0 aliphatic rings. The highest BCUT2D eigenvalue weighted by Crippen LogP contribution is 2.24. The van der Waals surface area contributed by atoms with Crippen molar-refractivity contribution < 1.29 is 17.9 Å². The summed E-state index contributed by atoms with van der Waals surface area (Å²) in [4.78, 5) is 11.0. The summed E-state index contributed by atoms with van der Waals surface area (Å²) in [5.74, 6) is -0.512. The lowest BCUT2D eigenvalue weighted by molar-refractivity contribution is -0.140. The van der Waals surface area contributed by atoms with Crippen LogP contribution in [0.25, 0.3) is 0 Å². The van der Waals surface area contributed by atoms with Gasteiger partial charge in [0.2, 0.25) is 0 Å². The lowest BCUT2D eigenvalue weighted by atomic mass is 10.2. The van der Waals surface area contributed by atoms with Crippen molar-refractivity contribution in [3.8, 4) is 6.07 Å². The van der Waals surface area contributed by atoms with Gasteiger partial charge < -0.3 is 4.74 Å². The van der Waals surface area contributed by atoms with Gasteiger partial charge >= 0.3 is 16.2 Å². The number of nitrogens with zero attached hydrogens (tertiary/aromatic N) is 2. The number of rotatable bonds is 6. The number of hydrogen-bond acceptors (Lipinski definition) is 5. The summed E-state index contributed by atoms with van der Waals surface area (Å²) >= 11 is 5.88. The molecule has 9 heteroatoms. The van der Waals surface area contributed by atoms with E-state index in [1.54, 1.807) is 0 Å². The van der Waals surface area contributed by atoms with Crippen molar-refractivity contribution in [1.29, 1.82) is 5.26 Å². The molecule has 0 atom stereocenters. The fourth-order valence-electron chi connectivity index (χ4n) is 1.36. The van der Waals surface area contributed by atoms with Crippen molar-refractivity contribution in [2.24, 2.45) is 0 Å². The number of ether oxygens (including phenoxy) is 1. The zero-order valence-corrected chi connectivity index (χ0v) is 13.0. The van der Waals surface area contributed by atoms with E-state index in [1.165, 1.54) is 32.4 Å². The van der Waals surface area contributed by atoms with Crippen LogP contribution >= 0.6 is 11.6 Å². The average Bonchev–Trinajstić information content (AvgIpc) is 2.46. The second kappa shape index (κ2) is 7.26. The van der Waals surface area contributed by atoms with Crippen LogP contribution in [0.5, 0.6) is 0 Å². The number of nitriles is 1. The van der Waals surface area contributed by atoms with Gasteiger partial charge in [-0.1, -0.05) is 11.6 Å². The first kappa shape index (κ1) is 17.2. The predicted octanol–water partition coefficient (Wildman–Crippen LogP) is 1.36. The van der Waals surface area contributed by atoms with Crippen LogP contribution in [0.4, 0.5) is 5.69 Å². The standard InChI is InChI=1S/C12H14ClN3O4S/c1-16(6-5-12(17)20-2)21(18,19)15-11-7-9(8-14)3-4-10(11)13/h3-4,7,15H,5-6H2,1-2H3. The third kappa shape index (κ3) is 4.90. The summed E-state index contributed by atoms with van der Waals surface area (Å²) in [5.41, 5.74) is 0.370. The molecule has 0 saturated heterocycles. The van der Waals surface area contributed by atoms with Gasteiger partial charge in [0, 0.05) is 13.6 Å². The van der Waals surface area contributed by atoms with Crippen LogP contribution < -0.4 is 4.72 Å². The third-order valence-electron chi connectivity index (χ3n) is 2.60. The maximum absolute atomic E-state index is 12.1. The zero-order chi connectivity index (χ0) is 16.0. The molecule has 0 radical (unpaired) electrons. The third-order valence-corrected chi connectivity index (χ3v) is 4.41. The van der Waals surface area contributed by atoms with Crippen molar-refractivity contribution in [3.05, 3.63) is 28.8 Å². The molecule has 7 nitrogen and oxygen atoms in total. The highest BCUT2D eigenvalue weighted by atomic mass is 35.5. The quantitative estimate of drug-likeness (QED) is 0.793. The van der Waals surface area contributed by atoms with Crippen LogP contribution in [0.3, 0.4) is 0 Å². The number of esters is 1. The second-order valence-corrected chi connectivity index (χ2v) is 6.25. The maximum atomic E-state index is 12.1. The molecule has 0 aliphatic heterocycles. The lowest BCUT2D eigenvalue weighted by Crippen LogP contribution is -2.34. The number of halogens is 1. The minimum atomic E-state index is -3.88. The summed E-state index contributed by atoms with van der Waals surface area (Å²) in [6.45, 7) is -0.0441. The average molecular weight is 332 g/mol. The van der Waals surface area contributed by atoms with Gasteiger partial charge in [-0.2, -0.15) is 18.0 Å². The molecule has 0 amide bonds.